The lowest BCUT2D eigenvalue weighted by atomic mass is 9.91. The van der Waals surface area contributed by atoms with Gasteiger partial charge in [-0.05, 0) is 49.4 Å². The number of H-pyrrole nitrogens is 1. The molecule has 1 N–H and O–H groups in total. The van der Waals surface area contributed by atoms with Crippen LogP contribution in [0.2, 0.25) is 5.02 Å². The fourth-order valence-electron chi connectivity index (χ4n) is 4.05. The van der Waals surface area contributed by atoms with Crippen LogP contribution in [0.1, 0.15) is 35.2 Å². The first-order chi connectivity index (χ1) is 13.6. The van der Waals surface area contributed by atoms with Crippen LogP contribution >= 0.6 is 11.6 Å². The molecule has 1 aliphatic rings. The van der Waals surface area contributed by atoms with Gasteiger partial charge >= 0.3 is 5.76 Å². The van der Waals surface area contributed by atoms with Crippen molar-refractivity contribution in [1.29, 1.82) is 0 Å². The van der Waals surface area contributed by atoms with E-state index in [-0.39, 0.29) is 5.78 Å². The van der Waals surface area contributed by atoms with Crippen LogP contribution in [0.25, 0.3) is 11.1 Å². The number of aromatic amines is 1. The third-order valence-corrected chi connectivity index (χ3v) is 5.75. The van der Waals surface area contributed by atoms with Crippen molar-refractivity contribution in [1.82, 2.24) is 9.88 Å². The monoisotopic (exact) mass is 398 g/mol. The normalized spacial score (nSPS) is 17.8. The fourth-order valence-corrected chi connectivity index (χ4v) is 4.32. The van der Waals surface area contributed by atoms with E-state index in [2.05, 4.69) is 34.1 Å². The third kappa shape index (κ3) is 4.37. The molecule has 1 atom stereocenters. The molecule has 1 unspecified atom stereocenters. The number of carbonyl (C=O) groups is 1. The number of hydrogen-bond acceptors (Lipinski definition) is 4. The highest BCUT2D eigenvalue weighted by atomic mass is 35.5. The molecule has 1 saturated heterocycles. The zero-order chi connectivity index (χ0) is 19.5. The van der Waals surface area contributed by atoms with Crippen molar-refractivity contribution in [3.63, 3.8) is 0 Å². The third-order valence-electron chi connectivity index (χ3n) is 5.43. The molecule has 0 radical (unpaired) electrons. The summed E-state index contributed by atoms with van der Waals surface area (Å²) in [4.78, 5) is 28.9. The molecule has 5 nitrogen and oxygen atoms in total. The molecule has 0 aliphatic carbocycles. The van der Waals surface area contributed by atoms with Gasteiger partial charge in [-0.2, -0.15) is 0 Å². The summed E-state index contributed by atoms with van der Waals surface area (Å²) in [7, 11) is 0. The van der Waals surface area contributed by atoms with Gasteiger partial charge < -0.3 is 9.32 Å². The molecule has 0 saturated carbocycles. The summed E-state index contributed by atoms with van der Waals surface area (Å²) >= 11 is 6.24. The lowest BCUT2D eigenvalue weighted by Gasteiger charge is -2.32. The van der Waals surface area contributed by atoms with Crippen molar-refractivity contribution >= 4 is 28.5 Å². The molecule has 1 aliphatic heterocycles. The minimum absolute atomic E-state index is 0.0269. The zero-order valence-corrected chi connectivity index (χ0v) is 16.4. The van der Waals surface area contributed by atoms with E-state index in [1.54, 1.807) is 12.1 Å². The van der Waals surface area contributed by atoms with Gasteiger partial charge in [0.15, 0.2) is 11.4 Å². The van der Waals surface area contributed by atoms with Gasteiger partial charge in [0.1, 0.15) is 0 Å². The largest absolute Gasteiger partial charge is 0.417 e. The number of oxazole rings is 1. The van der Waals surface area contributed by atoms with Crippen LogP contribution in [0.3, 0.4) is 0 Å². The highest BCUT2D eigenvalue weighted by Crippen LogP contribution is 2.25. The second-order valence-electron chi connectivity index (χ2n) is 7.51. The summed E-state index contributed by atoms with van der Waals surface area (Å²) in [6, 6.07) is 13.7. The molecule has 0 bridgehead atoms. The van der Waals surface area contributed by atoms with Gasteiger partial charge in [-0.15, -0.1) is 0 Å². The Kier molecular flexibility index (Phi) is 5.64. The van der Waals surface area contributed by atoms with Gasteiger partial charge in [0.05, 0.1) is 10.5 Å². The number of hydrogen-bond donors (Lipinski definition) is 1. The molecule has 6 heteroatoms. The van der Waals surface area contributed by atoms with Crippen LogP contribution in [0.4, 0.5) is 0 Å². The maximum absolute atomic E-state index is 12.7. The SMILES string of the molecule is O=C(CCN1CCCC(Cc2ccccc2)C1)c1cc2oc(=O)[nH]c2cc1Cl. The summed E-state index contributed by atoms with van der Waals surface area (Å²) < 4.78 is 5.05. The number of fused-ring (bicyclic) bond motifs is 1. The Bertz CT molecular complexity index is 1030. The molecule has 3 aromatic rings. The smallest absolute Gasteiger partial charge is 0.408 e. The van der Waals surface area contributed by atoms with Crippen LogP contribution in [-0.2, 0) is 6.42 Å². The van der Waals surface area contributed by atoms with Gasteiger partial charge in [0, 0.05) is 25.1 Å². The first-order valence-electron chi connectivity index (χ1n) is 9.70. The molecular weight excluding hydrogens is 376 g/mol. The van der Waals surface area contributed by atoms with E-state index in [1.807, 2.05) is 6.07 Å². The van der Waals surface area contributed by atoms with E-state index in [4.69, 9.17) is 16.0 Å². The quantitative estimate of drug-likeness (QED) is 0.628. The number of benzene rings is 2. The summed E-state index contributed by atoms with van der Waals surface area (Å²) in [5.41, 5.74) is 2.65. The average molecular weight is 399 g/mol. The number of likely N-dealkylation sites (tertiary alicyclic amines) is 1. The molecule has 0 amide bonds. The maximum atomic E-state index is 12.7. The Labute approximate surface area is 168 Å². The van der Waals surface area contributed by atoms with Crippen molar-refractivity contribution in [3.8, 4) is 0 Å². The first kappa shape index (κ1) is 19.0. The van der Waals surface area contributed by atoms with Gasteiger partial charge in [-0.1, -0.05) is 41.9 Å². The second-order valence-corrected chi connectivity index (χ2v) is 7.92. The lowest BCUT2D eigenvalue weighted by molar-refractivity contribution is 0.0946. The van der Waals surface area contributed by atoms with E-state index in [0.717, 1.165) is 32.5 Å². The minimum atomic E-state index is -0.548. The van der Waals surface area contributed by atoms with E-state index < -0.39 is 5.76 Å². The van der Waals surface area contributed by atoms with Crippen LogP contribution in [-0.4, -0.2) is 35.3 Å². The number of Topliss-reactive ketones (excluding diaryl/α,β-unsaturated/α-hetero) is 1. The minimum Gasteiger partial charge on any atom is -0.408 e. The predicted molar refractivity (Wildman–Crippen MR) is 110 cm³/mol. The molecular formula is C22H23ClN2O3. The number of carbonyl (C=O) groups excluding carboxylic acids is 1. The molecule has 2 heterocycles. The fraction of sp³-hybridized carbons (Fsp3) is 0.364. The Morgan fingerprint density at radius 2 is 2.07 bits per heavy atom. The molecule has 146 valence electrons. The zero-order valence-electron chi connectivity index (χ0n) is 15.6. The van der Waals surface area contributed by atoms with Crippen molar-refractivity contribution in [2.24, 2.45) is 5.92 Å². The molecule has 2 aromatic carbocycles. The number of rotatable bonds is 6. The predicted octanol–water partition coefficient (Wildman–Crippen LogP) is 4.30. The summed E-state index contributed by atoms with van der Waals surface area (Å²) in [5.74, 6) is 0.0506. The lowest BCUT2D eigenvalue weighted by Crippen LogP contribution is -2.37. The highest BCUT2D eigenvalue weighted by Gasteiger charge is 2.21. The van der Waals surface area contributed by atoms with Gasteiger partial charge in [-0.25, -0.2) is 4.79 Å². The number of aromatic nitrogens is 1. The highest BCUT2D eigenvalue weighted by molar-refractivity contribution is 6.34. The van der Waals surface area contributed by atoms with Crippen molar-refractivity contribution in [3.05, 3.63) is 69.2 Å². The summed E-state index contributed by atoms with van der Waals surface area (Å²) in [6.07, 6.45) is 3.87. The number of piperidine rings is 1. The van der Waals surface area contributed by atoms with E-state index in [1.165, 1.54) is 12.0 Å². The standard InChI is InChI=1S/C22H23ClN2O3/c23-18-13-19-21(28-22(27)24-19)12-17(18)20(26)8-10-25-9-4-7-16(14-25)11-15-5-2-1-3-6-15/h1-3,5-6,12-13,16H,4,7-11,14H2,(H,24,27). The van der Waals surface area contributed by atoms with Crippen LogP contribution in [0, 0.1) is 5.92 Å². The Balaban J connectivity index is 1.36. The topological polar surface area (TPSA) is 66.3 Å². The van der Waals surface area contributed by atoms with Crippen LogP contribution in [0.5, 0.6) is 0 Å². The van der Waals surface area contributed by atoms with Crippen molar-refractivity contribution < 1.29 is 9.21 Å². The Morgan fingerprint density at radius 3 is 2.89 bits per heavy atom. The number of ketones is 1. The number of halogens is 1. The van der Waals surface area contributed by atoms with Gasteiger partial charge in [0.25, 0.3) is 0 Å². The van der Waals surface area contributed by atoms with E-state index in [0.29, 0.717) is 34.0 Å². The maximum Gasteiger partial charge on any atom is 0.417 e. The van der Waals surface area contributed by atoms with Crippen LogP contribution < -0.4 is 5.76 Å². The Morgan fingerprint density at radius 1 is 1.25 bits per heavy atom. The molecule has 1 fully saturated rings. The van der Waals surface area contributed by atoms with Gasteiger partial charge in [-0.3, -0.25) is 9.78 Å². The van der Waals surface area contributed by atoms with E-state index in [9.17, 15) is 9.59 Å². The summed E-state index contributed by atoms with van der Waals surface area (Å²) in [5, 5.41) is 0.343. The van der Waals surface area contributed by atoms with E-state index >= 15 is 0 Å². The molecule has 1 aromatic heterocycles. The summed E-state index contributed by atoms with van der Waals surface area (Å²) in [6.45, 7) is 2.76. The number of nitrogens with zero attached hydrogens (tertiary/aromatic N) is 1. The second kappa shape index (κ2) is 8.33. The first-order valence-corrected chi connectivity index (χ1v) is 10.1. The Hall–Kier alpha value is -2.37. The van der Waals surface area contributed by atoms with Crippen molar-refractivity contribution in [2.75, 3.05) is 19.6 Å². The van der Waals surface area contributed by atoms with Gasteiger partial charge in [0.2, 0.25) is 0 Å². The molecule has 28 heavy (non-hydrogen) atoms. The molecule has 4 rings (SSSR count). The average Bonchev–Trinajstić information content (AvgIpc) is 3.05. The number of nitrogens with one attached hydrogen (secondary N) is 1. The van der Waals surface area contributed by atoms with Crippen molar-refractivity contribution in [2.45, 2.75) is 25.7 Å². The van der Waals surface area contributed by atoms with Crippen LogP contribution in [0.15, 0.2) is 51.7 Å². The molecule has 0 spiro atoms.